The van der Waals surface area contributed by atoms with Crippen molar-refractivity contribution in [2.75, 3.05) is 11.9 Å². The number of aliphatic hydroxyl groups excluding tert-OH is 1. The van der Waals surface area contributed by atoms with Gasteiger partial charge in [0.25, 0.3) is 0 Å². The van der Waals surface area contributed by atoms with E-state index in [2.05, 4.69) is 22.4 Å². The van der Waals surface area contributed by atoms with Gasteiger partial charge in [0.1, 0.15) is 5.82 Å². The van der Waals surface area contributed by atoms with E-state index in [9.17, 15) is 5.11 Å². The van der Waals surface area contributed by atoms with Crippen molar-refractivity contribution in [1.82, 2.24) is 4.98 Å². The van der Waals surface area contributed by atoms with E-state index in [0.29, 0.717) is 6.54 Å². The van der Waals surface area contributed by atoms with Crippen LogP contribution in [0.25, 0.3) is 0 Å². The van der Waals surface area contributed by atoms with Crippen LogP contribution in [0.15, 0.2) is 42.5 Å². The zero-order chi connectivity index (χ0) is 14.4. The van der Waals surface area contributed by atoms with E-state index in [0.717, 1.165) is 23.5 Å². The second kappa shape index (κ2) is 7.03. The average molecular weight is 271 g/mol. The number of aliphatic hydroxyl groups is 1. The molecule has 1 atom stereocenters. The predicted octanol–water partition coefficient (Wildman–Crippen LogP) is 1.86. The number of nitrogens with one attached hydrogen (secondary N) is 1. The summed E-state index contributed by atoms with van der Waals surface area (Å²) < 4.78 is 0. The third kappa shape index (κ3) is 3.79. The van der Waals surface area contributed by atoms with Gasteiger partial charge >= 0.3 is 0 Å². The Kier molecular flexibility index (Phi) is 5.09. The number of pyridine rings is 1. The van der Waals surface area contributed by atoms with Crippen molar-refractivity contribution in [1.29, 1.82) is 0 Å². The molecule has 0 fully saturated rings. The van der Waals surface area contributed by atoms with E-state index in [4.69, 9.17) is 5.73 Å². The smallest absolute Gasteiger partial charge is 0.131 e. The summed E-state index contributed by atoms with van der Waals surface area (Å²) in [6.45, 7) is 2.42. The number of hydrogen-bond donors (Lipinski definition) is 3. The first-order chi connectivity index (χ1) is 9.72. The molecular formula is C16H21N3O. The molecule has 0 aliphatic carbocycles. The molecule has 1 heterocycles. The van der Waals surface area contributed by atoms with Crippen LogP contribution >= 0.6 is 0 Å². The quantitative estimate of drug-likeness (QED) is 0.750. The van der Waals surface area contributed by atoms with E-state index >= 15 is 0 Å². The lowest BCUT2D eigenvalue weighted by Crippen LogP contribution is -2.28. The molecule has 0 aliphatic rings. The van der Waals surface area contributed by atoms with E-state index in [1.807, 2.05) is 37.3 Å². The largest absolute Gasteiger partial charge is 0.394 e. The zero-order valence-electron chi connectivity index (χ0n) is 11.7. The molecule has 106 valence electrons. The molecule has 2 rings (SSSR count). The second-order valence-electron chi connectivity index (χ2n) is 4.88. The third-order valence-corrected chi connectivity index (χ3v) is 3.22. The fraction of sp³-hybridized carbons (Fsp3) is 0.312. The predicted molar refractivity (Wildman–Crippen MR) is 81.5 cm³/mol. The van der Waals surface area contributed by atoms with Crippen LogP contribution < -0.4 is 11.1 Å². The van der Waals surface area contributed by atoms with Gasteiger partial charge in [-0.1, -0.05) is 36.4 Å². The van der Waals surface area contributed by atoms with Crippen molar-refractivity contribution in [3.63, 3.8) is 0 Å². The first-order valence-corrected chi connectivity index (χ1v) is 6.81. The molecule has 1 aromatic heterocycles. The molecule has 0 spiro atoms. The minimum absolute atomic E-state index is 0.0501. The zero-order valence-corrected chi connectivity index (χ0v) is 11.7. The minimum atomic E-state index is -0.0722. The van der Waals surface area contributed by atoms with E-state index < -0.39 is 0 Å². The Bertz CT molecular complexity index is 543. The lowest BCUT2D eigenvalue weighted by atomic mass is 10.1. The number of nitrogens with zero attached hydrogens (tertiary/aromatic N) is 1. The Labute approximate surface area is 119 Å². The van der Waals surface area contributed by atoms with Gasteiger partial charge in [0.2, 0.25) is 0 Å². The molecule has 0 aliphatic heterocycles. The number of aryl methyl sites for hydroxylation is 1. The number of aromatic nitrogens is 1. The molecule has 4 nitrogen and oxygen atoms in total. The number of nitrogens with two attached hydrogens (primary N) is 1. The number of benzene rings is 1. The molecule has 0 saturated heterocycles. The number of hydrogen-bond acceptors (Lipinski definition) is 4. The highest BCUT2D eigenvalue weighted by molar-refractivity contribution is 5.46. The summed E-state index contributed by atoms with van der Waals surface area (Å²) in [4.78, 5) is 4.47. The maximum Gasteiger partial charge on any atom is 0.131 e. The van der Waals surface area contributed by atoms with Gasteiger partial charge in [0.05, 0.1) is 12.6 Å². The van der Waals surface area contributed by atoms with Gasteiger partial charge in [-0.25, -0.2) is 4.98 Å². The van der Waals surface area contributed by atoms with Crippen molar-refractivity contribution >= 4 is 5.82 Å². The van der Waals surface area contributed by atoms with Crippen molar-refractivity contribution in [3.05, 3.63) is 59.3 Å². The Balaban J connectivity index is 2.12. The van der Waals surface area contributed by atoms with Gasteiger partial charge in [-0.2, -0.15) is 0 Å². The van der Waals surface area contributed by atoms with Crippen LogP contribution in [0.2, 0.25) is 0 Å². The van der Waals surface area contributed by atoms with Crippen LogP contribution in [0.5, 0.6) is 0 Å². The molecule has 4 heteroatoms. The van der Waals surface area contributed by atoms with Crippen LogP contribution in [0.1, 0.15) is 16.8 Å². The summed E-state index contributed by atoms with van der Waals surface area (Å²) in [6.07, 6.45) is 0.747. The van der Waals surface area contributed by atoms with Crippen molar-refractivity contribution in [3.8, 4) is 0 Å². The normalized spacial score (nSPS) is 12.2. The Morgan fingerprint density at radius 2 is 1.95 bits per heavy atom. The fourth-order valence-corrected chi connectivity index (χ4v) is 2.13. The van der Waals surface area contributed by atoms with Crippen LogP contribution in [0.4, 0.5) is 5.82 Å². The SMILES string of the molecule is Cc1ccc(CN)c(NC(CO)Cc2ccccc2)n1. The Hall–Kier alpha value is -1.91. The van der Waals surface area contributed by atoms with Gasteiger partial charge in [-0.3, -0.25) is 0 Å². The number of anilines is 1. The first kappa shape index (κ1) is 14.5. The maximum atomic E-state index is 9.56. The molecule has 0 radical (unpaired) electrons. The van der Waals surface area contributed by atoms with Crippen LogP contribution in [0, 0.1) is 6.92 Å². The van der Waals surface area contributed by atoms with Crippen LogP contribution in [-0.4, -0.2) is 22.7 Å². The van der Waals surface area contributed by atoms with Gasteiger partial charge in [-0.05, 0) is 25.0 Å². The minimum Gasteiger partial charge on any atom is -0.394 e. The summed E-state index contributed by atoms with van der Waals surface area (Å²) >= 11 is 0. The summed E-state index contributed by atoms with van der Waals surface area (Å²) in [6, 6.07) is 13.9. The standard InChI is InChI=1S/C16H21N3O/c1-12-7-8-14(10-17)16(18-12)19-15(11-20)9-13-5-3-2-4-6-13/h2-8,15,20H,9-11,17H2,1H3,(H,18,19). The van der Waals surface area contributed by atoms with Crippen LogP contribution in [-0.2, 0) is 13.0 Å². The first-order valence-electron chi connectivity index (χ1n) is 6.81. The maximum absolute atomic E-state index is 9.56. The lowest BCUT2D eigenvalue weighted by molar-refractivity contribution is 0.273. The molecule has 4 N–H and O–H groups in total. The molecule has 1 aromatic carbocycles. The van der Waals surface area contributed by atoms with Gasteiger partial charge in [-0.15, -0.1) is 0 Å². The van der Waals surface area contributed by atoms with E-state index in [-0.39, 0.29) is 12.6 Å². The fourth-order valence-electron chi connectivity index (χ4n) is 2.13. The topological polar surface area (TPSA) is 71.2 Å². The average Bonchev–Trinajstić information content (AvgIpc) is 2.48. The molecular weight excluding hydrogens is 250 g/mol. The van der Waals surface area contributed by atoms with Gasteiger partial charge < -0.3 is 16.2 Å². The molecule has 1 unspecified atom stereocenters. The lowest BCUT2D eigenvalue weighted by Gasteiger charge is -2.19. The number of rotatable bonds is 6. The highest BCUT2D eigenvalue weighted by Gasteiger charge is 2.11. The molecule has 0 bridgehead atoms. The Morgan fingerprint density at radius 3 is 2.60 bits per heavy atom. The summed E-state index contributed by atoms with van der Waals surface area (Å²) in [7, 11) is 0. The van der Waals surface area contributed by atoms with Crippen molar-refractivity contribution in [2.45, 2.75) is 25.9 Å². The molecule has 2 aromatic rings. The monoisotopic (exact) mass is 271 g/mol. The summed E-state index contributed by atoms with van der Waals surface area (Å²) in [5, 5.41) is 12.9. The van der Waals surface area contributed by atoms with E-state index in [1.54, 1.807) is 0 Å². The highest BCUT2D eigenvalue weighted by atomic mass is 16.3. The molecule has 20 heavy (non-hydrogen) atoms. The second-order valence-corrected chi connectivity index (χ2v) is 4.88. The van der Waals surface area contributed by atoms with Crippen molar-refractivity contribution in [2.24, 2.45) is 5.73 Å². The molecule has 0 saturated carbocycles. The van der Waals surface area contributed by atoms with E-state index in [1.165, 1.54) is 5.56 Å². The summed E-state index contributed by atoms with van der Waals surface area (Å²) in [5.41, 5.74) is 8.80. The molecule has 0 amide bonds. The van der Waals surface area contributed by atoms with Gasteiger partial charge in [0.15, 0.2) is 0 Å². The summed E-state index contributed by atoms with van der Waals surface area (Å²) in [5.74, 6) is 0.766. The highest BCUT2D eigenvalue weighted by Crippen LogP contribution is 2.15. The van der Waals surface area contributed by atoms with Crippen LogP contribution in [0.3, 0.4) is 0 Å². The Morgan fingerprint density at radius 1 is 1.20 bits per heavy atom. The van der Waals surface area contributed by atoms with Crippen molar-refractivity contribution < 1.29 is 5.11 Å². The third-order valence-electron chi connectivity index (χ3n) is 3.22. The van der Waals surface area contributed by atoms with Gasteiger partial charge in [0, 0.05) is 17.8 Å².